The van der Waals surface area contributed by atoms with Gasteiger partial charge in [-0.1, -0.05) is 76.5 Å². The van der Waals surface area contributed by atoms with Crippen molar-refractivity contribution in [1.29, 1.82) is 0 Å². The van der Waals surface area contributed by atoms with Gasteiger partial charge in [0.25, 0.3) is 0 Å². The van der Waals surface area contributed by atoms with Crippen molar-refractivity contribution < 1.29 is 51.8 Å². The zero-order valence-corrected chi connectivity index (χ0v) is 30.3. The number of aryl methyl sites for hydroxylation is 2. The number of unbranched alkanes of at least 4 members (excludes halogenated alkanes) is 7. The predicted molar refractivity (Wildman–Crippen MR) is 173 cm³/mol. The second-order valence-corrected chi connectivity index (χ2v) is 12.5. The largest absolute Gasteiger partial charge is 1.00 e. The van der Waals surface area contributed by atoms with E-state index in [-0.39, 0.29) is 47.7 Å². The first kappa shape index (κ1) is 40.4. The molecule has 2 aromatic carbocycles. The van der Waals surface area contributed by atoms with Crippen LogP contribution in [0.15, 0.2) is 65.8 Å². The van der Waals surface area contributed by atoms with Crippen LogP contribution >= 0.6 is 11.8 Å². The number of aromatic nitrogens is 2. The van der Waals surface area contributed by atoms with Crippen LogP contribution < -0.4 is 34.3 Å². The van der Waals surface area contributed by atoms with E-state index in [1.807, 2.05) is 43.6 Å². The molecule has 0 spiro atoms. The number of halogens is 2. The number of alkyl halides is 1. The van der Waals surface area contributed by atoms with Gasteiger partial charge in [0, 0.05) is 29.5 Å². The first-order valence-corrected chi connectivity index (χ1v) is 17.0. The molecule has 3 rings (SSSR count). The molecule has 1 aromatic heterocycles. The number of ether oxygens (including phenoxy) is 2. The Bertz CT molecular complexity index is 1250. The van der Waals surface area contributed by atoms with Crippen molar-refractivity contribution in [3.63, 3.8) is 0 Å². The summed E-state index contributed by atoms with van der Waals surface area (Å²) >= 11 is 4.90. The average molecular weight is 658 g/mol. The summed E-state index contributed by atoms with van der Waals surface area (Å²) in [5, 5.41) is 0. The van der Waals surface area contributed by atoms with Gasteiger partial charge in [-0.3, -0.25) is 11.8 Å². The normalized spacial score (nSPS) is 11.7. The van der Waals surface area contributed by atoms with Gasteiger partial charge in [-0.2, -0.15) is 0 Å². The Kier molecular flexibility index (Phi) is 21.8. The van der Waals surface area contributed by atoms with Crippen molar-refractivity contribution in [2.45, 2.75) is 96.0 Å². The van der Waals surface area contributed by atoms with E-state index >= 15 is 0 Å². The van der Waals surface area contributed by atoms with Crippen molar-refractivity contribution in [2.75, 3.05) is 19.8 Å². The third kappa shape index (κ3) is 16.6. The van der Waals surface area contributed by atoms with E-state index in [9.17, 15) is 12.8 Å². The topological polar surface area (TPSA) is 92.5 Å². The minimum absolute atomic E-state index is 0. The van der Waals surface area contributed by atoms with E-state index in [1.54, 1.807) is 12.1 Å². The molecule has 0 fully saturated rings. The standard InChI is InChI=1S/C26H39FN2O2.C7H7ClNO2S.Na/c1-3-5-7-9-10-12-22-18-28-26(29-19-22)23-13-15-25(16-14-23)31-21-24(27)20-30-17-11-8-6-4-2;1-6-2-4-7(5-3-6)12(10,11)9-8;/h13-16,18-19,24H,3-12,17,20-21H2,1-2H3;2-5H,1H3;/q;-1;+1. The fourth-order valence-corrected chi connectivity index (χ4v) is 4.89. The molecular weight excluding hydrogens is 612 g/mol. The van der Waals surface area contributed by atoms with Gasteiger partial charge >= 0.3 is 29.6 Å². The minimum atomic E-state index is -3.62. The summed E-state index contributed by atoms with van der Waals surface area (Å²) in [6.07, 6.45) is 14.6. The number of nitrogens with zero attached hydrogens (tertiary/aromatic N) is 3. The van der Waals surface area contributed by atoms with Gasteiger partial charge in [0.2, 0.25) is 0 Å². The Hall–Kier alpha value is -1.59. The van der Waals surface area contributed by atoms with Crippen LogP contribution in [0.4, 0.5) is 4.39 Å². The van der Waals surface area contributed by atoms with Crippen molar-refractivity contribution >= 4 is 21.8 Å². The smallest absolute Gasteiger partial charge is 0.490 e. The van der Waals surface area contributed by atoms with Crippen molar-refractivity contribution in [3.05, 3.63) is 76.3 Å². The Morgan fingerprint density at radius 2 is 1.43 bits per heavy atom. The molecule has 1 heterocycles. The zero-order chi connectivity index (χ0) is 31.3. The summed E-state index contributed by atoms with van der Waals surface area (Å²) < 4.78 is 49.7. The van der Waals surface area contributed by atoms with Gasteiger partial charge in [-0.25, -0.2) is 22.8 Å². The van der Waals surface area contributed by atoms with E-state index < -0.39 is 16.2 Å². The number of sulfonamides is 1. The second kappa shape index (κ2) is 23.7. The summed E-state index contributed by atoms with van der Waals surface area (Å²) in [7, 11) is -3.62. The SMILES string of the molecule is CCCCCCCc1cnc(-c2ccc(OCC(F)COCCCCCC)cc2)nc1.Cc1ccc(S(=O)(=O)[N-]Cl)cc1.[Na+]. The number of benzene rings is 2. The fourth-order valence-electron chi connectivity index (χ4n) is 4.09. The van der Waals surface area contributed by atoms with Crippen LogP contribution in [0.25, 0.3) is 15.6 Å². The van der Waals surface area contributed by atoms with Gasteiger partial charge in [0.05, 0.1) is 6.61 Å². The summed E-state index contributed by atoms with van der Waals surface area (Å²) in [5.41, 5.74) is 3.10. The molecule has 0 saturated carbocycles. The molecule has 0 amide bonds. The zero-order valence-electron chi connectivity index (χ0n) is 26.7. The number of hydrogen-bond acceptors (Lipinski definition) is 6. The number of hydrogen-bond donors (Lipinski definition) is 0. The quantitative estimate of drug-likeness (QED) is 0.113. The van der Waals surface area contributed by atoms with Crippen LogP contribution in [-0.4, -0.2) is 44.4 Å². The molecular formula is C33H46ClFN3NaO4S. The molecule has 0 bridgehead atoms. The van der Waals surface area contributed by atoms with E-state index in [0.29, 0.717) is 18.2 Å². The third-order valence-corrected chi connectivity index (χ3v) is 8.26. The van der Waals surface area contributed by atoms with Gasteiger partial charge in [-0.05, 0) is 68.1 Å². The van der Waals surface area contributed by atoms with Crippen molar-refractivity contribution in [2.24, 2.45) is 0 Å². The number of rotatable bonds is 19. The average Bonchev–Trinajstić information content (AvgIpc) is 3.03. The molecule has 7 nitrogen and oxygen atoms in total. The molecule has 0 aliphatic heterocycles. The summed E-state index contributed by atoms with van der Waals surface area (Å²) in [5.74, 6) is 1.33. The Morgan fingerprint density at radius 1 is 0.841 bits per heavy atom. The molecule has 3 aromatic rings. The van der Waals surface area contributed by atoms with Crippen LogP contribution in [0, 0.1) is 6.92 Å². The van der Waals surface area contributed by atoms with E-state index in [4.69, 9.17) is 21.3 Å². The van der Waals surface area contributed by atoms with Crippen molar-refractivity contribution in [1.82, 2.24) is 9.97 Å². The maximum atomic E-state index is 13.9. The van der Waals surface area contributed by atoms with Gasteiger partial charge < -0.3 is 13.7 Å². The first-order valence-electron chi connectivity index (χ1n) is 15.2. The Balaban J connectivity index is 0.000000624. The van der Waals surface area contributed by atoms with Crippen LogP contribution in [0.3, 0.4) is 0 Å². The monoisotopic (exact) mass is 657 g/mol. The Morgan fingerprint density at radius 3 is 2.02 bits per heavy atom. The van der Waals surface area contributed by atoms with Crippen LogP contribution in [0.1, 0.15) is 82.8 Å². The van der Waals surface area contributed by atoms with Crippen LogP contribution in [0.5, 0.6) is 5.75 Å². The van der Waals surface area contributed by atoms with E-state index in [1.165, 1.54) is 62.6 Å². The summed E-state index contributed by atoms with van der Waals surface area (Å²) in [6.45, 7) is 6.97. The molecule has 1 unspecified atom stereocenters. The fraction of sp³-hybridized carbons (Fsp3) is 0.515. The maximum Gasteiger partial charge on any atom is 1.00 e. The van der Waals surface area contributed by atoms with E-state index in [2.05, 4.69) is 28.1 Å². The molecule has 1 atom stereocenters. The van der Waals surface area contributed by atoms with Gasteiger partial charge in [0.15, 0.2) is 12.0 Å². The van der Waals surface area contributed by atoms with Crippen LogP contribution in [-0.2, 0) is 21.2 Å². The molecule has 44 heavy (non-hydrogen) atoms. The maximum absolute atomic E-state index is 13.9. The molecule has 0 radical (unpaired) electrons. The molecule has 11 heteroatoms. The molecule has 0 aliphatic rings. The minimum Gasteiger partial charge on any atom is -0.490 e. The predicted octanol–water partition coefficient (Wildman–Crippen LogP) is 6.19. The summed E-state index contributed by atoms with van der Waals surface area (Å²) in [6, 6.07) is 13.8. The van der Waals surface area contributed by atoms with Crippen molar-refractivity contribution in [3.8, 4) is 17.1 Å². The van der Waals surface area contributed by atoms with Gasteiger partial charge in [-0.15, -0.1) is 0 Å². The third-order valence-electron chi connectivity index (χ3n) is 6.67. The van der Waals surface area contributed by atoms with Crippen LogP contribution in [0.2, 0.25) is 0 Å². The molecule has 0 saturated heterocycles. The first-order chi connectivity index (χ1) is 20.8. The molecule has 0 N–H and O–H groups in total. The molecule has 0 aliphatic carbocycles. The second-order valence-electron chi connectivity index (χ2n) is 10.5. The summed E-state index contributed by atoms with van der Waals surface area (Å²) in [4.78, 5) is 9.11. The molecule has 238 valence electrons. The van der Waals surface area contributed by atoms with Gasteiger partial charge in [0.1, 0.15) is 22.4 Å². The Labute approximate surface area is 291 Å². The van der Waals surface area contributed by atoms with E-state index in [0.717, 1.165) is 30.4 Å².